The number of hydrogen-bond donors (Lipinski definition) is 1. The van der Waals surface area contributed by atoms with E-state index in [-0.39, 0.29) is 11.8 Å². The van der Waals surface area contributed by atoms with Crippen LogP contribution in [0.2, 0.25) is 0 Å². The van der Waals surface area contributed by atoms with E-state index in [0.717, 1.165) is 44.5 Å². The van der Waals surface area contributed by atoms with Crippen LogP contribution in [0.4, 0.5) is 0 Å². The lowest BCUT2D eigenvalue weighted by Crippen LogP contribution is -2.36. The lowest BCUT2D eigenvalue weighted by molar-refractivity contribution is -0.125. The van der Waals surface area contributed by atoms with Gasteiger partial charge in [0.1, 0.15) is 0 Å². The Morgan fingerprint density at radius 2 is 2.36 bits per heavy atom. The molecule has 0 saturated heterocycles. The molecule has 2 aromatic rings. The molecule has 1 unspecified atom stereocenters. The second kappa shape index (κ2) is 6.60. The summed E-state index contributed by atoms with van der Waals surface area (Å²) in [6.45, 7) is 5.72. The van der Waals surface area contributed by atoms with Gasteiger partial charge in [-0.05, 0) is 32.8 Å². The fraction of sp³-hybridized carbons (Fsp3) is 0.562. The van der Waals surface area contributed by atoms with Gasteiger partial charge in [-0.3, -0.25) is 9.48 Å². The van der Waals surface area contributed by atoms with Crippen LogP contribution < -0.4 is 5.32 Å². The zero-order chi connectivity index (χ0) is 15.5. The Labute approximate surface area is 134 Å². The van der Waals surface area contributed by atoms with E-state index in [2.05, 4.69) is 22.3 Å². The molecule has 1 aliphatic heterocycles. The number of carbonyl (C=O) groups excluding carboxylic acids is 1. The molecule has 1 N–H and O–H groups in total. The predicted molar refractivity (Wildman–Crippen MR) is 87.0 cm³/mol. The number of nitrogens with zero attached hydrogens (tertiary/aromatic N) is 3. The first-order chi connectivity index (χ1) is 10.6. The van der Waals surface area contributed by atoms with Gasteiger partial charge in [-0.2, -0.15) is 5.10 Å². The minimum atomic E-state index is 0.0913. The third-order valence-electron chi connectivity index (χ3n) is 4.26. The Hall–Kier alpha value is -1.69. The molecule has 3 heterocycles. The number of nitrogens with one attached hydrogen (secondary N) is 1. The molecule has 0 aromatic carbocycles. The van der Waals surface area contributed by atoms with Crippen LogP contribution in [0.15, 0.2) is 12.3 Å². The molecule has 118 valence electrons. The van der Waals surface area contributed by atoms with Gasteiger partial charge in [-0.1, -0.05) is 0 Å². The summed E-state index contributed by atoms with van der Waals surface area (Å²) in [4.78, 5) is 18.1. The molecule has 0 radical (unpaired) electrons. The molecule has 5 nitrogen and oxygen atoms in total. The summed E-state index contributed by atoms with van der Waals surface area (Å²) < 4.78 is 2.00. The molecule has 2 aromatic heterocycles. The van der Waals surface area contributed by atoms with Crippen molar-refractivity contribution in [3.63, 3.8) is 0 Å². The number of aromatic nitrogens is 3. The number of amides is 1. The van der Waals surface area contributed by atoms with E-state index in [0.29, 0.717) is 0 Å². The number of hydrogen-bond acceptors (Lipinski definition) is 4. The highest BCUT2D eigenvalue weighted by atomic mass is 32.1. The second-order valence-corrected chi connectivity index (χ2v) is 7.17. The number of thiazole rings is 1. The van der Waals surface area contributed by atoms with Crippen LogP contribution in [-0.4, -0.2) is 27.2 Å². The lowest BCUT2D eigenvalue weighted by Gasteiger charge is -2.22. The first-order valence-corrected chi connectivity index (χ1v) is 8.66. The van der Waals surface area contributed by atoms with E-state index in [1.54, 1.807) is 11.3 Å². The maximum Gasteiger partial charge on any atom is 0.223 e. The predicted octanol–water partition coefficient (Wildman–Crippen LogP) is 2.27. The fourth-order valence-corrected chi connectivity index (χ4v) is 3.81. The quantitative estimate of drug-likeness (QED) is 0.860. The Bertz CT molecular complexity index is 641. The normalized spacial score (nSPS) is 17.3. The van der Waals surface area contributed by atoms with Gasteiger partial charge in [0.15, 0.2) is 0 Å². The molecule has 0 fully saturated rings. The average Bonchev–Trinajstić information content (AvgIpc) is 3.09. The molecule has 1 aliphatic rings. The Balaban J connectivity index is 1.41. The maximum atomic E-state index is 12.2. The van der Waals surface area contributed by atoms with Crippen LogP contribution in [0.1, 0.15) is 34.1 Å². The monoisotopic (exact) mass is 318 g/mol. The number of rotatable bonds is 5. The van der Waals surface area contributed by atoms with Crippen molar-refractivity contribution in [1.82, 2.24) is 20.1 Å². The molecular weight excluding hydrogens is 296 g/mol. The van der Waals surface area contributed by atoms with Gasteiger partial charge in [0.25, 0.3) is 0 Å². The summed E-state index contributed by atoms with van der Waals surface area (Å²) in [5.41, 5.74) is 2.29. The molecule has 0 saturated carbocycles. The van der Waals surface area contributed by atoms with Crippen LogP contribution in [0, 0.1) is 19.8 Å². The summed E-state index contributed by atoms with van der Waals surface area (Å²) in [6.07, 6.45) is 5.38. The van der Waals surface area contributed by atoms with Crippen molar-refractivity contribution in [2.45, 2.75) is 46.1 Å². The van der Waals surface area contributed by atoms with Gasteiger partial charge >= 0.3 is 0 Å². The average molecular weight is 318 g/mol. The van der Waals surface area contributed by atoms with E-state index in [1.165, 1.54) is 15.6 Å². The van der Waals surface area contributed by atoms with Gasteiger partial charge in [0, 0.05) is 48.6 Å². The lowest BCUT2D eigenvalue weighted by atomic mass is 9.95. The summed E-state index contributed by atoms with van der Waals surface area (Å²) in [5, 5.41) is 8.50. The van der Waals surface area contributed by atoms with E-state index < -0.39 is 0 Å². The first-order valence-electron chi connectivity index (χ1n) is 7.85. The Morgan fingerprint density at radius 1 is 1.50 bits per heavy atom. The van der Waals surface area contributed by atoms with E-state index >= 15 is 0 Å². The fourth-order valence-electron chi connectivity index (χ4n) is 2.83. The summed E-state index contributed by atoms with van der Waals surface area (Å²) in [5.74, 6) is 0.271. The summed E-state index contributed by atoms with van der Waals surface area (Å²) >= 11 is 1.76. The Kier molecular flexibility index (Phi) is 4.57. The van der Waals surface area contributed by atoms with Crippen molar-refractivity contribution >= 4 is 17.2 Å². The van der Waals surface area contributed by atoms with Gasteiger partial charge in [0.05, 0.1) is 10.7 Å². The smallest absolute Gasteiger partial charge is 0.223 e. The van der Waals surface area contributed by atoms with E-state index in [1.807, 2.05) is 23.9 Å². The Morgan fingerprint density at radius 3 is 3.14 bits per heavy atom. The summed E-state index contributed by atoms with van der Waals surface area (Å²) in [7, 11) is 0. The van der Waals surface area contributed by atoms with E-state index in [9.17, 15) is 4.79 Å². The van der Waals surface area contributed by atoms with E-state index in [4.69, 9.17) is 0 Å². The molecule has 22 heavy (non-hydrogen) atoms. The third-order valence-corrected chi connectivity index (χ3v) is 5.39. The minimum absolute atomic E-state index is 0.0913. The second-order valence-electron chi connectivity index (χ2n) is 5.88. The van der Waals surface area contributed by atoms with Gasteiger partial charge in [0.2, 0.25) is 5.91 Å². The maximum absolute atomic E-state index is 12.2. The van der Waals surface area contributed by atoms with Gasteiger partial charge in [-0.25, -0.2) is 4.98 Å². The minimum Gasteiger partial charge on any atom is -0.356 e. The standard InChI is InChI=1S/C16H22N4OS/c1-11-12(2)22-15(19-11)4-3-7-17-16(21)13-6-9-20-14(10-13)5-8-18-20/h5,8,13H,3-4,6-7,9-10H2,1-2H3,(H,17,21). The zero-order valence-electron chi connectivity index (χ0n) is 13.1. The molecule has 0 bridgehead atoms. The number of fused-ring (bicyclic) bond motifs is 1. The largest absolute Gasteiger partial charge is 0.356 e. The van der Waals surface area contributed by atoms with Crippen LogP contribution in [-0.2, 0) is 24.2 Å². The molecule has 3 rings (SSSR count). The molecule has 6 heteroatoms. The molecule has 0 aliphatic carbocycles. The highest BCUT2D eigenvalue weighted by molar-refractivity contribution is 7.11. The molecular formula is C16H22N4OS. The molecule has 1 amide bonds. The highest BCUT2D eigenvalue weighted by Crippen LogP contribution is 2.20. The topological polar surface area (TPSA) is 59.8 Å². The number of aryl methyl sites for hydroxylation is 4. The van der Waals surface area contributed by atoms with Crippen LogP contribution in [0.3, 0.4) is 0 Å². The molecule has 0 spiro atoms. The summed E-state index contributed by atoms with van der Waals surface area (Å²) in [6, 6.07) is 2.01. The van der Waals surface area contributed by atoms with Crippen molar-refractivity contribution in [1.29, 1.82) is 0 Å². The van der Waals surface area contributed by atoms with Crippen molar-refractivity contribution in [3.05, 3.63) is 33.5 Å². The highest BCUT2D eigenvalue weighted by Gasteiger charge is 2.24. The third kappa shape index (κ3) is 3.38. The SMILES string of the molecule is Cc1nc(CCCNC(=O)C2CCn3nccc3C2)sc1C. The van der Waals surface area contributed by atoms with Crippen molar-refractivity contribution in [3.8, 4) is 0 Å². The van der Waals surface area contributed by atoms with Crippen LogP contribution in [0.5, 0.6) is 0 Å². The van der Waals surface area contributed by atoms with Crippen molar-refractivity contribution in [2.75, 3.05) is 6.54 Å². The number of carbonyl (C=O) groups is 1. The van der Waals surface area contributed by atoms with Crippen molar-refractivity contribution in [2.24, 2.45) is 5.92 Å². The van der Waals surface area contributed by atoms with Crippen LogP contribution in [0.25, 0.3) is 0 Å². The first kappa shape index (κ1) is 15.2. The van der Waals surface area contributed by atoms with Crippen molar-refractivity contribution < 1.29 is 4.79 Å². The molecule has 1 atom stereocenters. The zero-order valence-corrected chi connectivity index (χ0v) is 13.9. The van der Waals surface area contributed by atoms with Crippen LogP contribution >= 0.6 is 11.3 Å². The van der Waals surface area contributed by atoms with Gasteiger partial charge in [-0.15, -0.1) is 11.3 Å². The van der Waals surface area contributed by atoms with Gasteiger partial charge < -0.3 is 5.32 Å².